The molecule has 0 aromatic heterocycles. The van der Waals surface area contributed by atoms with Crippen molar-refractivity contribution in [3.05, 3.63) is 59.7 Å². The fourth-order valence-corrected chi connectivity index (χ4v) is 5.58. The van der Waals surface area contributed by atoms with Crippen molar-refractivity contribution in [2.75, 3.05) is 19.8 Å². The minimum Gasteiger partial charge on any atom is -0.480 e. The molecule has 0 bridgehead atoms. The smallest absolute Gasteiger partial charge is 0.407 e. The van der Waals surface area contributed by atoms with Crippen molar-refractivity contribution in [1.82, 2.24) is 10.6 Å². The molecule has 3 N–H and O–H groups in total. The van der Waals surface area contributed by atoms with Crippen molar-refractivity contribution in [3.63, 3.8) is 0 Å². The van der Waals surface area contributed by atoms with Crippen LogP contribution in [0.1, 0.15) is 44.7 Å². The van der Waals surface area contributed by atoms with Crippen molar-refractivity contribution in [3.8, 4) is 11.1 Å². The van der Waals surface area contributed by atoms with E-state index in [0.717, 1.165) is 49.9 Å². The molecule has 1 aliphatic heterocycles. The Morgan fingerprint density at radius 2 is 1.36 bits per heavy atom. The summed E-state index contributed by atoms with van der Waals surface area (Å²) >= 11 is 0. The van der Waals surface area contributed by atoms with Crippen LogP contribution in [0.4, 0.5) is 4.79 Å². The molecule has 1 heterocycles. The Hall–Kier alpha value is -5.02. The van der Waals surface area contributed by atoms with Crippen molar-refractivity contribution in [1.29, 1.82) is 0 Å². The molecular formula is C32H36N2O13. The first-order chi connectivity index (χ1) is 22.3. The third-order valence-corrected chi connectivity index (χ3v) is 7.43. The molecule has 0 unspecified atom stereocenters. The highest BCUT2D eigenvalue weighted by molar-refractivity contribution is 5.81. The highest BCUT2D eigenvalue weighted by Gasteiger charge is 2.51. The second kappa shape index (κ2) is 15.5. The lowest BCUT2D eigenvalue weighted by Gasteiger charge is -2.45. The summed E-state index contributed by atoms with van der Waals surface area (Å²) in [5, 5.41) is 14.6. The maximum atomic E-state index is 12.8. The van der Waals surface area contributed by atoms with Gasteiger partial charge in [0.25, 0.3) is 0 Å². The average molecular weight is 657 g/mol. The number of carboxylic acid groups (broad SMARTS) is 1. The van der Waals surface area contributed by atoms with Crippen LogP contribution < -0.4 is 10.6 Å². The molecule has 2 amide bonds. The number of aliphatic carboxylic acids is 1. The van der Waals surface area contributed by atoms with E-state index in [2.05, 4.69) is 10.6 Å². The molecule has 2 aliphatic rings. The third kappa shape index (κ3) is 8.83. The van der Waals surface area contributed by atoms with Crippen LogP contribution >= 0.6 is 0 Å². The zero-order valence-electron chi connectivity index (χ0n) is 26.1. The number of nitrogens with one attached hydrogen (secondary N) is 2. The fourth-order valence-electron chi connectivity index (χ4n) is 5.58. The lowest BCUT2D eigenvalue weighted by Crippen LogP contribution is -2.67. The molecule has 47 heavy (non-hydrogen) atoms. The van der Waals surface area contributed by atoms with E-state index in [1.165, 1.54) is 0 Å². The molecule has 2 aromatic carbocycles. The number of benzene rings is 2. The quantitative estimate of drug-likeness (QED) is 0.220. The zero-order valence-corrected chi connectivity index (χ0v) is 26.1. The summed E-state index contributed by atoms with van der Waals surface area (Å²) in [5.74, 6) is -4.65. The predicted molar refractivity (Wildman–Crippen MR) is 160 cm³/mol. The summed E-state index contributed by atoms with van der Waals surface area (Å²) < 4.78 is 32.8. The molecule has 0 radical (unpaired) electrons. The number of rotatable bonds is 12. The van der Waals surface area contributed by atoms with Gasteiger partial charge in [0.2, 0.25) is 5.91 Å². The Balaban J connectivity index is 1.48. The lowest BCUT2D eigenvalue weighted by atomic mass is 9.96. The van der Waals surface area contributed by atoms with E-state index < -0.39 is 85.8 Å². The van der Waals surface area contributed by atoms with E-state index in [1.54, 1.807) is 0 Å². The maximum Gasteiger partial charge on any atom is 0.407 e. The van der Waals surface area contributed by atoms with Crippen molar-refractivity contribution in [2.24, 2.45) is 0 Å². The number of ether oxygens (including phenoxy) is 6. The van der Waals surface area contributed by atoms with Crippen LogP contribution in [-0.2, 0) is 52.4 Å². The zero-order chi connectivity index (χ0) is 34.2. The number of esters is 3. The van der Waals surface area contributed by atoms with E-state index in [-0.39, 0.29) is 12.5 Å². The largest absolute Gasteiger partial charge is 0.480 e. The first kappa shape index (κ1) is 34.8. The van der Waals surface area contributed by atoms with Gasteiger partial charge in [0.05, 0.1) is 6.61 Å². The molecule has 2 aromatic rings. The van der Waals surface area contributed by atoms with Crippen LogP contribution in [0.5, 0.6) is 0 Å². The SMILES string of the molecule is CC(=O)N[C@H]1[C@@H](OC[C@H](NC(=O)OCC2c3ccccc3-c3ccccc32)C(=O)O)O[C@H](COC(C)=O)[C@@H](OC(C)=O)[C@@H]1OC(C)=O. The van der Waals surface area contributed by atoms with Gasteiger partial charge in [0.1, 0.15) is 25.4 Å². The number of hydrogen-bond acceptors (Lipinski definition) is 12. The standard InChI is InChI=1S/C32H36N2O13/c1-16(35)33-27-29(46-19(4)38)28(45-18(3)37)26(15-42-17(2)36)47-31(27)43-14-25(30(39)40)34-32(41)44-13-24-22-11-7-5-9-20(22)21-10-6-8-12-23(21)24/h5-12,24-29,31H,13-15H2,1-4H3,(H,33,35)(H,34,41)(H,39,40)/t25-,26+,27+,28+,29+,31-/m0/s1. The second-order valence-electron chi connectivity index (χ2n) is 10.9. The van der Waals surface area contributed by atoms with Crippen molar-refractivity contribution in [2.45, 2.75) is 70.3 Å². The first-order valence-electron chi connectivity index (χ1n) is 14.7. The second-order valence-corrected chi connectivity index (χ2v) is 10.9. The van der Waals surface area contributed by atoms with Gasteiger partial charge >= 0.3 is 30.0 Å². The van der Waals surface area contributed by atoms with Crippen LogP contribution in [-0.4, -0.2) is 97.5 Å². The number of alkyl carbamates (subject to hydrolysis) is 1. The molecule has 252 valence electrons. The predicted octanol–water partition coefficient (Wildman–Crippen LogP) is 1.65. The highest BCUT2D eigenvalue weighted by atomic mass is 16.7. The number of fused-ring (bicyclic) bond motifs is 3. The average Bonchev–Trinajstić information content (AvgIpc) is 3.32. The van der Waals surface area contributed by atoms with Crippen molar-refractivity contribution >= 4 is 35.9 Å². The van der Waals surface area contributed by atoms with Gasteiger partial charge in [-0.05, 0) is 22.3 Å². The van der Waals surface area contributed by atoms with Crippen LogP contribution in [0.15, 0.2) is 48.5 Å². The van der Waals surface area contributed by atoms with E-state index in [9.17, 15) is 33.9 Å². The van der Waals surface area contributed by atoms with E-state index in [1.807, 2.05) is 48.5 Å². The summed E-state index contributed by atoms with van der Waals surface area (Å²) in [5.41, 5.74) is 3.97. The molecule has 6 atom stereocenters. The molecular weight excluding hydrogens is 620 g/mol. The first-order valence-corrected chi connectivity index (χ1v) is 14.7. The molecule has 0 spiro atoms. The van der Waals surface area contributed by atoms with E-state index in [0.29, 0.717) is 0 Å². The summed E-state index contributed by atoms with van der Waals surface area (Å²) in [6.45, 7) is 3.23. The van der Waals surface area contributed by atoms with Gasteiger partial charge < -0.3 is 44.2 Å². The normalized spacial score (nSPS) is 22.1. The number of carbonyl (C=O) groups is 6. The number of carbonyl (C=O) groups excluding carboxylic acids is 5. The highest BCUT2D eigenvalue weighted by Crippen LogP contribution is 2.44. The monoisotopic (exact) mass is 656 g/mol. The summed E-state index contributed by atoms with van der Waals surface area (Å²) in [7, 11) is 0. The summed E-state index contributed by atoms with van der Waals surface area (Å²) in [4.78, 5) is 72.6. The van der Waals surface area contributed by atoms with E-state index in [4.69, 9.17) is 28.4 Å². The minimum atomic E-state index is -1.66. The van der Waals surface area contributed by atoms with Crippen LogP contribution in [0, 0.1) is 0 Å². The molecule has 4 rings (SSSR count). The molecule has 1 fully saturated rings. The van der Waals surface area contributed by atoms with Crippen molar-refractivity contribution < 1.29 is 62.3 Å². The number of hydrogen-bond donors (Lipinski definition) is 3. The van der Waals surface area contributed by atoms with Crippen LogP contribution in [0.25, 0.3) is 11.1 Å². The van der Waals surface area contributed by atoms with Crippen LogP contribution in [0.2, 0.25) is 0 Å². The minimum absolute atomic E-state index is 0.0666. The Morgan fingerprint density at radius 1 is 0.787 bits per heavy atom. The van der Waals surface area contributed by atoms with Crippen LogP contribution in [0.3, 0.4) is 0 Å². The summed E-state index contributed by atoms with van der Waals surface area (Å²) in [6, 6.07) is 12.5. The van der Waals surface area contributed by atoms with Gasteiger partial charge in [0.15, 0.2) is 24.5 Å². The third-order valence-electron chi connectivity index (χ3n) is 7.43. The molecule has 1 aliphatic carbocycles. The fraction of sp³-hybridized carbons (Fsp3) is 0.438. The molecule has 15 nitrogen and oxygen atoms in total. The summed E-state index contributed by atoms with van der Waals surface area (Å²) in [6.07, 6.45) is -6.58. The van der Waals surface area contributed by atoms with Gasteiger partial charge in [-0.3, -0.25) is 19.2 Å². The molecule has 0 saturated carbocycles. The van der Waals surface area contributed by atoms with Gasteiger partial charge in [-0.15, -0.1) is 0 Å². The van der Waals surface area contributed by atoms with Gasteiger partial charge in [0, 0.05) is 33.6 Å². The number of carboxylic acids is 1. The Bertz CT molecular complexity index is 1470. The van der Waals surface area contributed by atoms with E-state index >= 15 is 0 Å². The maximum absolute atomic E-state index is 12.8. The molecule has 1 saturated heterocycles. The Labute approximate surface area is 269 Å². The Morgan fingerprint density at radius 3 is 1.89 bits per heavy atom. The lowest BCUT2D eigenvalue weighted by molar-refractivity contribution is -0.278. The van der Waals surface area contributed by atoms with Gasteiger partial charge in [-0.1, -0.05) is 48.5 Å². The van der Waals surface area contributed by atoms with Gasteiger partial charge in [-0.25, -0.2) is 9.59 Å². The molecule has 15 heteroatoms. The Kier molecular flexibility index (Phi) is 11.5. The topological polar surface area (TPSA) is 202 Å². The number of amides is 2. The van der Waals surface area contributed by atoms with Gasteiger partial charge in [-0.2, -0.15) is 0 Å².